The molecule has 1 atom stereocenters. The molecule has 0 aromatic carbocycles. The van der Waals surface area contributed by atoms with Crippen molar-refractivity contribution < 1.29 is 19.8 Å². The third kappa shape index (κ3) is 17.9. The van der Waals surface area contributed by atoms with Gasteiger partial charge in [0.1, 0.15) is 0 Å². The number of hydrogen-bond donors (Lipinski definition) is 2. The Kier molecular flexibility index (Phi) is 22.6. The van der Waals surface area contributed by atoms with Crippen molar-refractivity contribution >= 4 is 11.9 Å². The van der Waals surface area contributed by atoms with Gasteiger partial charge in [0.15, 0.2) is 0 Å². The third-order valence-electron chi connectivity index (χ3n) is 8.10. The maximum atomic E-state index is 12.6. The largest absolute Gasteiger partial charge is 0.481 e. The zero-order chi connectivity index (χ0) is 26.2. The summed E-state index contributed by atoms with van der Waals surface area (Å²) in [6.45, 7) is 6.67. The van der Waals surface area contributed by atoms with E-state index in [2.05, 4.69) is 20.8 Å². The molecule has 0 aliphatic heterocycles. The van der Waals surface area contributed by atoms with Crippen molar-refractivity contribution in [1.82, 2.24) is 0 Å². The molecule has 0 fully saturated rings. The number of unbranched alkanes of at least 4 members (excludes halogenated alkanes) is 17. The van der Waals surface area contributed by atoms with Gasteiger partial charge in [-0.15, -0.1) is 0 Å². The van der Waals surface area contributed by atoms with Crippen molar-refractivity contribution in [3.63, 3.8) is 0 Å². The zero-order valence-corrected chi connectivity index (χ0v) is 23.8. The minimum atomic E-state index is -0.682. The highest BCUT2D eigenvalue weighted by molar-refractivity contribution is 5.75. The second-order valence-corrected chi connectivity index (χ2v) is 11.2. The zero-order valence-electron chi connectivity index (χ0n) is 23.8. The lowest BCUT2D eigenvalue weighted by molar-refractivity contribution is -0.154. The van der Waals surface area contributed by atoms with Crippen LogP contribution in [0.2, 0.25) is 0 Å². The summed E-state index contributed by atoms with van der Waals surface area (Å²) < 4.78 is 0. The average molecular weight is 497 g/mol. The van der Waals surface area contributed by atoms with Gasteiger partial charge in [-0.2, -0.15) is 0 Å². The normalized spacial score (nSPS) is 12.7. The topological polar surface area (TPSA) is 74.6 Å². The van der Waals surface area contributed by atoms with Crippen LogP contribution in [0.1, 0.15) is 175 Å². The Balaban J connectivity index is 4.34. The number of carboxylic acid groups (broad SMARTS) is 2. The molecule has 2 N–H and O–H groups in total. The molecule has 0 aromatic heterocycles. The van der Waals surface area contributed by atoms with Crippen LogP contribution in [0.5, 0.6) is 0 Å². The van der Waals surface area contributed by atoms with Gasteiger partial charge < -0.3 is 10.2 Å². The fourth-order valence-electron chi connectivity index (χ4n) is 5.55. The van der Waals surface area contributed by atoms with Crippen molar-refractivity contribution in [3.05, 3.63) is 0 Å². The van der Waals surface area contributed by atoms with Crippen molar-refractivity contribution in [2.75, 3.05) is 0 Å². The Morgan fingerprint density at radius 1 is 0.571 bits per heavy atom. The summed E-state index contributed by atoms with van der Waals surface area (Å²) in [7, 11) is 0. The summed E-state index contributed by atoms with van der Waals surface area (Å²) in [6, 6.07) is 0. The predicted molar refractivity (Wildman–Crippen MR) is 149 cm³/mol. The number of hydrogen-bond acceptors (Lipinski definition) is 2. The Morgan fingerprint density at radius 2 is 0.943 bits per heavy atom. The van der Waals surface area contributed by atoms with E-state index < -0.39 is 17.4 Å². The summed E-state index contributed by atoms with van der Waals surface area (Å²) in [5, 5.41) is 19.0. The minimum Gasteiger partial charge on any atom is -0.481 e. The van der Waals surface area contributed by atoms with Crippen LogP contribution in [0.3, 0.4) is 0 Å². The van der Waals surface area contributed by atoms with Crippen molar-refractivity contribution in [2.24, 2.45) is 11.3 Å². The smallest absolute Gasteiger partial charge is 0.309 e. The van der Waals surface area contributed by atoms with Gasteiger partial charge in [0.2, 0.25) is 0 Å². The van der Waals surface area contributed by atoms with E-state index in [0.717, 1.165) is 57.8 Å². The highest BCUT2D eigenvalue weighted by Gasteiger charge is 2.42. The average Bonchev–Trinajstić information content (AvgIpc) is 2.82. The molecule has 0 saturated heterocycles. The van der Waals surface area contributed by atoms with Gasteiger partial charge in [-0.3, -0.25) is 9.59 Å². The molecule has 35 heavy (non-hydrogen) atoms. The molecule has 0 rings (SSSR count). The van der Waals surface area contributed by atoms with Crippen LogP contribution >= 0.6 is 0 Å². The standard InChI is InChI=1S/C31H60O4/c1-4-6-8-18-22-26-31(30(34)35,27-23-19-9-7-5-2)28(3)24-20-16-14-12-10-11-13-15-17-21-25-29(32)33/h28H,4-27H2,1-3H3,(H,32,33)(H,34,35). The second kappa shape index (κ2) is 23.3. The summed E-state index contributed by atoms with van der Waals surface area (Å²) in [5.41, 5.74) is -0.529. The fourth-order valence-corrected chi connectivity index (χ4v) is 5.55. The molecule has 0 amide bonds. The molecule has 0 bridgehead atoms. The quantitative estimate of drug-likeness (QED) is 0.111. The molecule has 0 aliphatic carbocycles. The first-order valence-corrected chi connectivity index (χ1v) is 15.4. The van der Waals surface area contributed by atoms with E-state index in [1.54, 1.807) is 0 Å². The number of rotatable bonds is 27. The molecular formula is C31H60O4. The SMILES string of the molecule is CCCCCCCC(CCCCCCC)(C(=O)O)C(C)CCCCCCCCCCCCC(=O)O. The highest BCUT2D eigenvalue weighted by atomic mass is 16.4. The minimum absolute atomic E-state index is 0.253. The third-order valence-corrected chi connectivity index (χ3v) is 8.10. The molecule has 0 heterocycles. The van der Waals surface area contributed by atoms with Crippen LogP contribution in [-0.4, -0.2) is 22.2 Å². The van der Waals surface area contributed by atoms with E-state index in [1.165, 1.54) is 89.9 Å². The first kappa shape index (κ1) is 33.9. The van der Waals surface area contributed by atoms with Gasteiger partial charge in [-0.25, -0.2) is 0 Å². The summed E-state index contributed by atoms with van der Waals surface area (Å²) >= 11 is 0. The van der Waals surface area contributed by atoms with Crippen LogP contribution in [-0.2, 0) is 9.59 Å². The molecule has 0 aliphatic rings. The first-order chi connectivity index (χ1) is 16.9. The van der Waals surface area contributed by atoms with Gasteiger partial charge in [-0.05, 0) is 31.6 Å². The number of aliphatic carboxylic acids is 2. The van der Waals surface area contributed by atoms with E-state index in [1.807, 2.05) is 0 Å². The summed E-state index contributed by atoms with van der Waals surface area (Å²) in [4.78, 5) is 23.1. The molecule has 0 aromatic rings. The van der Waals surface area contributed by atoms with Crippen molar-refractivity contribution in [3.8, 4) is 0 Å². The van der Waals surface area contributed by atoms with E-state index in [4.69, 9.17) is 5.11 Å². The van der Waals surface area contributed by atoms with Gasteiger partial charge in [-0.1, -0.05) is 143 Å². The van der Waals surface area contributed by atoms with E-state index >= 15 is 0 Å². The highest BCUT2D eigenvalue weighted by Crippen LogP contribution is 2.42. The van der Waals surface area contributed by atoms with E-state index in [-0.39, 0.29) is 5.92 Å². The van der Waals surface area contributed by atoms with Gasteiger partial charge >= 0.3 is 11.9 Å². The lowest BCUT2D eigenvalue weighted by Crippen LogP contribution is -2.38. The van der Waals surface area contributed by atoms with E-state index in [9.17, 15) is 14.7 Å². The fraction of sp³-hybridized carbons (Fsp3) is 0.935. The van der Waals surface area contributed by atoms with Gasteiger partial charge in [0, 0.05) is 6.42 Å². The Labute approximate surface area is 218 Å². The number of carbonyl (C=O) groups is 2. The summed E-state index contributed by atoms with van der Waals surface area (Å²) in [5.74, 6) is -0.971. The van der Waals surface area contributed by atoms with Crippen LogP contribution in [0.25, 0.3) is 0 Å². The molecule has 1 unspecified atom stereocenters. The first-order valence-electron chi connectivity index (χ1n) is 15.4. The molecule has 4 heteroatoms. The van der Waals surface area contributed by atoms with Gasteiger partial charge in [0.05, 0.1) is 5.41 Å². The Hall–Kier alpha value is -1.06. The maximum absolute atomic E-state index is 12.6. The van der Waals surface area contributed by atoms with Crippen LogP contribution in [0.4, 0.5) is 0 Å². The molecule has 4 nitrogen and oxygen atoms in total. The van der Waals surface area contributed by atoms with E-state index in [0.29, 0.717) is 6.42 Å². The Morgan fingerprint density at radius 3 is 1.34 bits per heavy atom. The number of carboxylic acids is 2. The van der Waals surface area contributed by atoms with Crippen LogP contribution in [0, 0.1) is 11.3 Å². The van der Waals surface area contributed by atoms with Crippen LogP contribution < -0.4 is 0 Å². The molecule has 208 valence electrons. The molecule has 0 spiro atoms. The van der Waals surface area contributed by atoms with Crippen LogP contribution in [0.15, 0.2) is 0 Å². The predicted octanol–water partition coefficient (Wildman–Crippen LogP) is 10.2. The molecular weight excluding hydrogens is 436 g/mol. The maximum Gasteiger partial charge on any atom is 0.309 e. The van der Waals surface area contributed by atoms with Crippen molar-refractivity contribution in [1.29, 1.82) is 0 Å². The summed E-state index contributed by atoms with van der Waals surface area (Å²) in [6.07, 6.45) is 26.6. The lowest BCUT2D eigenvalue weighted by Gasteiger charge is -2.36. The monoisotopic (exact) mass is 496 g/mol. The van der Waals surface area contributed by atoms with Gasteiger partial charge in [0.25, 0.3) is 0 Å². The van der Waals surface area contributed by atoms with Crippen molar-refractivity contribution in [2.45, 2.75) is 175 Å². The molecule has 0 radical (unpaired) electrons. The Bertz CT molecular complexity index is 488. The molecule has 0 saturated carbocycles. The lowest BCUT2D eigenvalue weighted by atomic mass is 9.67. The second-order valence-electron chi connectivity index (χ2n) is 11.2.